The van der Waals surface area contributed by atoms with Crippen LogP contribution in [-0.4, -0.2) is 22.4 Å². The van der Waals surface area contributed by atoms with Gasteiger partial charge in [0, 0.05) is 30.9 Å². The van der Waals surface area contributed by atoms with Crippen LogP contribution in [0.1, 0.15) is 16.8 Å². The molecule has 1 aromatic carbocycles. The quantitative estimate of drug-likeness (QED) is 0.634. The summed E-state index contributed by atoms with van der Waals surface area (Å²) in [5.41, 5.74) is 2.04. The van der Waals surface area contributed by atoms with Crippen LogP contribution >= 0.6 is 0 Å². The van der Waals surface area contributed by atoms with E-state index in [1.807, 2.05) is 0 Å². The fourth-order valence-electron chi connectivity index (χ4n) is 1.45. The summed E-state index contributed by atoms with van der Waals surface area (Å²) in [6.07, 6.45) is 8.85. The van der Waals surface area contributed by atoms with Gasteiger partial charge in [0.25, 0.3) is 5.91 Å². The molecule has 0 fully saturated rings. The highest BCUT2D eigenvalue weighted by molar-refractivity contribution is 5.97. The Hall–Kier alpha value is -2.41. The second-order valence-electron chi connectivity index (χ2n) is 3.47. The standard InChI is InChI=1S/C13H11N3O/c1-2-3-6-16-13(17)10-4-5-11-12(9-10)15-8-7-14-11/h1,4-5,7-9H,3,6H2,(H,16,17). The van der Waals surface area contributed by atoms with Gasteiger partial charge >= 0.3 is 0 Å². The Morgan fingerprint density at radius 3 is 2.82 bits per heavy atom. The van der Waals surface area contributed by atoms with E-state index in [9.17, 15) is 4.79 Å². The summed E-state index contributed by atoms with van der Waals surface area (Å²) in [6, 6.07) is 5.22. The Labute approximate surface area is 99.1 Å². The average molecular weight is 225 g/mol. The smallest absolute Gasteiger partial charge is 0.251 e. The molecule has 0 atom stereocenters. The molecule has 0 radical (unpaired) electrons. The maximum absolute atomic E-state index is 11.7. The van der Waals surface area contributed by atoms with Crippen molar-refractivity contribution in [2.75, 3.05) is 6.54 Å². The molecular weight excluding hydrogens is 214 g/mol. The van der Waals surface area contributed by atoms with Gasteiger partial charge in [-0.05, 0) is 18.2 Å². The molecule has 0 aliphatic carbocycles. The van der Waals surface area contributed by atoms with Crippen molar-refractivity contribution in [3.8, 4) is 12.3 Å². The minimum atomic E-state index is -0.146. The zero-order valence-corrected chi connectivity index (χ0v) is 9.18. The second kappa shape index (κ2) is 5.08. The summed E-state index contributed by atoms with van der Waals surface area (Å²) >= 11 is 0. The first-order valence-electron chi connectivity index (χ1n) is 5.23. The van der Waals surface area contributed by atoms with Crippen LogP contribution in [-0.2, 0) is 0 Å². The highest BCUT2D eigenvalue weighted by Gasteiger charge is 2.05. The summed E-state index contributed by atoms with van der Waals surface area (Å²) in [5.74, 6) is 2.32. The van der Waals surface area contributed by atoms with Gasteiger partial charge < -0.3 is 5.32 Å². The molecule has 0 saturated heterocycles. The van der Waals surface area contributed by atoms with Crippen molar-refractivity contribution in [2.45, 2.75) is 6.42 Å². The number of carbonyl (C=O) groups excluding carboxylic acids is 1. The van der Waals surface area contributed by atoms with Crippen LogP contribution in [0.25, 0.3) is 11.0 Å². The van der Waals surface area contributed by atoms with Crippen LogP contribution in [0.5, 0.6) is 0 Å². The molecule has 17 heavy (non-hydrogen) atoms. The van der Waals surface area contributed by atoms with Gasteiger partial charge in [0.2, 0.25) is 0 Å². The average Bonchev–Trinajstić information content (AvgIpc) is 2.38. The maximum Gasteiger partial charge on any atom is 0.251 e. The molecule has 0 unspecified atom stereocenters. The predicted molar refractivity (Wildman–Crippen MR) is 65.3 cm³/mol. The van der Waals surface area contributed by atoms with Crippen molar-refractivity contribution >= 4 is 16.9 Å². The zero-order valence-electron chi connectivity index (χ0n) is 9.18. The third-order valence-electron chi connectivity index (χ3n) is 2.29. The number of benzene rings is 1. The van der Waals surface area contributed by atoms with Crippen LogP contribution in [0.15, 0.2) is 30.6 Å². The van der Waals surface area contributed by atoms with E-state index >= 15 is 0 Å². The van der Waals surface area contributed by atoms with E-state index in [2.05, 4.69) is 21.2 Å². The monoisotopic (exact) mass is 225 g/mol. The summed E-state index contributed by atoms with van der Waals surface area (Å²) in [5, 5.41) is 2.73. The fraction of sp³-hybridized carbons (Fsp3) is 0.154. The van der Waals surface area contributed by atoms with E-state index in [4.69, 9.17) is 6.42 Å². The SMILES string of the molecule is C#CCCNC(=O)c1ccc2nccnc2c1. The number of nitrogens with one attached hydrogen (secondary N) is 1. The molecule has 0 bridgehead atoms. The van der Waals surface area contributed by atoms with Gasteiger partial charge in [-0.25, -0.2) is 0 Å². The number of carbonyl (C=O) groups is 1. The van der Waals surface area contributed by atoms with E-state index in [1.54, 1.807) is 30.6 Å². The van der Waals surface area contributed by atoms with Gasteiger partial charge in [0.1, 0.15) is 0 Å². The lowest BCUT2D eigenvalue weighted by Gasteiger charge is -2.03. The van der Waals surface area contributed by atoms with Crippen LogP contribution in [0.2, 0.25) is 0 Å². The molecule has 0 aliphatic rings. The molecule has 1 N–H and O–H groups in total. The molecule has 1 amide bonds. The molecule has 4 nitrogen and oxygen atoms in total. The first-order valence-corrected chi connectivity index (χ1v) is 5.23. The Bertz CT molecular complexity index is 586. The predicted octanol–water partition coefficient (Wildman–Crippen LogP) is 1.38. The van der Waals surface area contributed by atoms with Crippen molar-refractivity contribution in [1.82, 2.24) is 15.3 Å². The fourth-order valence-corrected chi connectivity index (χ4v) is 1.45. The van der Waals surface area contributed by atoms with E-state index in [0.29, 0.717) is 24.0 Å². The van der Waals surface area contributed by atoms with Gasteiger partial charge in [-0.2, -0.15) is 0 Å². The number of hydrogen-bond acceptors (Lipinski definition) is 3. The molecule has 2 rings (SSSR count). The third-order valence-corrected chi connectivity index (χ3v) is 2.29. The van der Waals surface area contributed by atoms with E-state index in [1.165, 1.54) is 0 Å². The van der Waals surface area contributed by atoms with Crippen molar-refractivity contribution in [3.05, 3.63) is 36.2 Å². The van der Waals surface area contributed by atoms with Gasteiger partial charge in [-0.15, -0.1) is 12.3 Å². The van der Waals surface area contributed by atoms with E-state index in [0.717, 1.165) is 5.52 Å². The van der Waals surface area contributed by atoms with Crippen molar-refractivity contribution in [3.63, 3.8) is 0 Å². The number of terminal acetylenes is 1. The van der Waals surface area contributed by atoms with E-state index < -0.39 is 0 Å². The number of amides is 1. The molecular formula is C13H11N3O. The van der Waals surface area contributed by atoms with E-state index in [-0.39, 0.29) is 5.91 Å². The minimum Gasteiger partial charge on any atom is -0.351 e. The van der Waals surface area contributed by atoms with Gasteiger partial charge in [-0.3, -0.25) is 14.8 Å². The van der Waals surface area contributed by atoms with Crippen LogP contribution in [0.4, 0.5) is 0 Å². The summed E-state index contributed by atoms with van der Waals surface area (Å²) in [7, 11) is 0. The maximum atomic E-state index is 11.7. The number of aromatic nitrogens is 2. The number of nitrogens with zero attached hydrogens (tertiary/aromatic N) is 2. The first kappa shape index (κ1) is 11.1. The molecule has 2 aromatic rings. The lowest BCUT2D eigenvalue weighted by atomic mass is 10.2. The summed E-state index contributed by atoms with van der Waals surface area (Å²) < 4.78 is 0. The van der Waals surface area contributed by atoms with Crippen molar-refractivity contribution in [2.24, 2.45) is 0 Å². The first-order chi connectivity index (χ1) is 8.31. The molecule has 0 aliphatic heterocycles. The lowest BCUT2D eigenvalue weighted by Crippen LogP contribution is -2.24. The van der Waals surface area contributed by atoms with Gasteiger partial charge in [0.05, 0.1) is 11.0 Å². The van der Waals surface area contributed by atoms with Crippen LogP contribution in [0, 0.1) is 12.3 Å². The Morgan fingerprint density at radius 1 is 1.29 bits per heavy atom. The second-order valence-corrected chi connectivity index (χ2v) is 3.47. The molecule has 0 spiro atoms. The van der Waals surface area contributed by atoms with Crippen LogP contribution < -0.4 is 5.32 Å². The molecule has 0 saturated carbocycles. The number of hydrogen-bond donors (Lipinski definition) is 1. The van der Waals surface area contributed by atoms with Crippen LogP contribution in [0.3, 0.4) is 0 Å². The highest BCUT2D eigenvalue weighted by Crippen LogP contribution is 2.10. The normalized spacial score (nSPS) is 9.82. The minimum absolute atomic E-state index is 0.146. The van der Waals surface area contributed by atoms with Gasteiger partial charge in [0.15, 0.2) is 0 Å². The molecule has 1 heterocycles. The Balaban J connectivity index is 2.19. The number of fused-ring (bicyclic) bond motifs is 1. The highest BCUT2D eigenvalue weighted by atomic mass is 16.1. The lowest BCUT2D eigenvalue weighted by molar-refractivity contribution is 0.0954. The Morgan fingerprint density at radius 2 is 2.06 bits per heavy atom. The summed E-state index contributed by atoms with van der Waals surface area (Å²) in [6.45, 7) is 0.480. The summed E-state index contributed by atoms with van der Waals surface area (Å²) in [4.78, 5) is 20.0. The Kier molecular flexibility index (Phi) is 3.31. The van der Waals surface area contributed by atoms with Crippen molar-refractivity contribution in [1.29, 1.82) is 0 Å². The molecule has 1 aromatic heterocycles. The van der Waals surface area contributed by atoms with Crippen molar-refractivity contribution < 1.29 is 4.79 Å². The zero-order chi connectivity index (χ0) is 12.1. The molecule has 84 valence electrons. The third kappa shape index (κ3) is 2.58. The number of rotatable bonds is 3. The molecule has 4 heteroatoms. The topological polar surface area (TPSA) is 54.9 Å². The van der Waals surface area contributed by atoms with Gasteiger partial charge in [-0.1, -0.05) is 0 Å². The largest absolute Gasteiger partial charge is 0.351 e.